The molecular weight excluding hydrogens is 208 g/mol. The van der Waals surface area contributed by atoms with E-state index in [9.17, 15) is 0 Å². The standard InChI is InChI=1S/C12H10ClN2/c13-10-6-8-12(9-7-10)15-14-11-4-2-1-3-5-11/h1-9,15H. The Hall–Kier alpha value is -1.67. The summed E-state index contributed by atoms with van der Waals surface area (Å²) in [4.78, 5) is 0. The molecule has 0 fully saturated rings. The van der Waals surface area contributed by atoms with Gasteiger partial charge in [0.05, 0.1) is 11.4 Å². The van der Waals surface area contributed by atoms with Crippen LogP contribution in [0.4, 0.5) is 11.4 Å². The van der Waals surface area contributed by atoms with Crippen LogP contribution in [0.1, 0.15) is 0 Å². The zero-order chi connectivity index (χ0) is 10.5. The first-order valence-corrected chi connectivity index (χ1v) is 5.00. The Morgan fingerprint density at radius 2 is 1.53 bits per heavy atom. The van der Waals surface area contributed by atoms with Crippen molar-refractivity contribution in [1.82, 2.24) is 5.43 Å². The van der Waals surface area contributed by atoms with Crippen LogP contribution in [-0.4, -0.2) is 0 Å². The van der Waals surface area contributed by atoms with E-state index in [1.807, 2.05) is 54.6 Å². The highest BCUT2D eigenvalue weighted by Gasteiger charge is 1.93. The fraction of sp³-hybridized carbons (Fsp3) is 0. The Kier molecular flexibility index (Phi) is 3.10. The number of nitrogens with one attached hydrogen (secondary N) is 1. The van der Waals surface area contributed by atoms with Gasteiger partial charge in [-0.2, -0.15) is 5.43 Å². The van der Waals surface area contributed by atoms with E-state index in [-0.39, 0.29) is 0 Å². The summed E-state index contributed by atoms with van der Waals surface area (Å²) in [6.45, 7) is 0. The van der Waals surface area contributed by atoms with E-state index < -0.39 is 0 Å². The van der Waals surface area contributed by atoms with Gasteiger partial charge >= 0.3 is 0 Å². The number of benzene rings is 2. The van der Waals surface area contributed by atoms with Gasteiger partial charge in [0.2, 0.25) is 0 Å². The Morgan fingerprint density at radius 1 is 0.867 bits per heavy atom. The van der Waals surface area contributed by atoms with Gasteiger partial charge in [-0.3, -0.25) is 5.43 Å². The topological polar surface area (TPSA) is 26.1 Å². The molecule has 1 radical (unpaired) electrons. The lowest BCUT2D eigenvalue weighted by atomic mass is 10.3. The molecule has 15 heavy (non-hydrogen) atoms. The van der Waals surface area contributed by atoms with Crippen molar-refractivity contribution in [3.05, 3.63) is 59.6 Å². The molecule has 0 saturated heterocycles. The molecule has 0 aromatic heterocycles. The average Bonchev–Trinajstić information content (AvgIpc) is 2.30. The molecule has 2 aromatic carbocycles. The van der Waals surface area contributed by atoms with Crippen LogP contribution < -0.4 is 10.9 Å². The molecule has 0 heterocycles. The second kappa shape index (κ2) is 4.71. The normalized spacial score (nSPS) is 9.67. The Bertz CT molecular complexity index is 411. The molecule has 0 spiro atoms. The molecule has 0 amide bonds. The lowest BCUT2D eigenvalue weighted by Gasteiger charge is -2.05. The largest absolute Gasteiger partial charge is 0.278 e. The third-order valence-electron chi connectivity index (χ3n) is 1.91. The van der Waals surface area contributed by atoms with Gasteiger partial charge in [0.25, 0.3) is 0 Å². The quantitative estimate of drug-likeness (QED) is 0.782. The average molecular weight is 218 g/mol. The maximum Gasteiger partial charge on any atom is 0.0833 e. The van der Waals surface area contributed by atoms with Gasteiger partial charge in [-0.25, -0.2) is 0 Å². The summed E-state index contributed by atoms with van der Waals surface area (Å²) in [5.74, 6) is 0. The molecule has 0 saturated carbocycles. The van der Waals surface area contributed by atoms with E-state index in [2.05, 4.69) is 10.9 Å². The Morgan fingerprint density at radius 3 is 2.20 bits per heavy atom. The van der Waals surface area contributed by atoms with Gasteiger partial charge in [0, 0.05) is 5.02 Å². The van der Waals surface area contributed by atoms with E-state index in [1.54, 1.807) is 0 Å². The number of anilines is 1. The van der Waals surface area contributed by atoms with Crippen LogP contribution in [0.5, 0.6) is 0 Å². The van der Waals surface area contributed by atoms with Crippen LogP contribution in [0, 0.1) is 0 Å². The fourth-order valence-corrected chi connectivity index (χ4v) is 1.28. The Balaban J connectivity index is 1.96. The number of hydrogen-bond acceptors (Lipinski definition) is 1. The molecule has 2 rings (SSSR count). The van der Waals surface area contributed by atoms with Crippen molar-refractivity contribution in [2.24, 2.45) is 0 Å². The first-order valence-electron chi connectivity index (χ1n) is 4.62. The third kappa shape index (κ3) is 2.89. The van der Waals surface area contributed by atoms with Gasteiger partial charge in [-0.15, -0.1) is 0 Å². The maximum absolute atomic E-state index is 5.77. The molecule has 0 atom stereocenters. The van der Waals surface area contributed by atoms with Crippen molar-refractivity contribution in [3.63, 3.8) is 0 Å². The summed E-state index contributed by atoms with van der Waals surface area (Å²) in [7, 11) is 0. The lowest BCUT2D eigenvalue weighted by Crippen LogP contribution is -2.06. The van der Waals surface area contributed by atoms with Crippen LogP contribution in [-0.2, 0) is 0 Å². The number of rotatable bonds is 3. The van der Waals surface area contributed by atoms with Crippen molar-refractivity contribution < 1.29 is 0 Å². The van der Waals surface area contributed by atoms with Gasteiger partial charge in [0.1, 0.15) is 0 Å². The first kappa shape index (κ1) is 9.87. The summed E-state index contributed by atoms with van der Waals surface area (Å²) in [5, 5.41) is 0.722. The van der Waals surface area contributed by atoms with Crippen LogP contribution >= 0.6 is 11.6 Å². The lowest BCUT2D eigenvalue weighted by molar-refractivity contribution is 1.05. The highest BCUT2D eigenvalue weighted by Crippen LogP contribution is 2.14. The molecule has 0 aliphatic carbocycles. The number of halogens is 1. The summed E-state index contributed by atoms with van der Waals surface area (Å²) in [6.07, 6.45) is 0. The molecule has 75 valence electrons. The fourth-order valence-electron chi connectivity index (χ4n) is 1.16. The second-order valence-corrected chi connectivity index (χ2v) is 3.50. The van der Waals surface area contributed by atoms with Crippen LogP contribution in [0.3, 0.4) is 0 Å². The molecule has 2 nitrogen and oxygen atoms in total. The van der Waals surface area contributed by atoms with Crippen molar-refractivity contribution in [2.75, 3.05) is 5.43 Å². The summed E-state index contributed by atoms with van der Waals surface area (Å²) in [6, 6.07) is 17.1. The number of hydrogen-bond donors (Lipinski definition) is 1. The van der Waals surface area contributed by atoms with Gasteiger partial charge < -0.3 is 0 Å². The second-order valence-electron chi connectivity index (χ2n) is 3.07. The van der Waals surface area contributed by atoms with Crippen LogP contribution in [0.15, 0.2) is 54.6 Å². The highest BCUT2D eigenvalue weighted by atomic mass is 35.5. The summed E-state index contributed by atoms with van der Waals surface area (Å²) >= 11 is 5.77. The van der Waals surface area contributed by atoms with E-state index in [1.165, 1.54) is 0 Å². The molecule has 0 bridgehead atoms. The predicted molar refractivity (Wildman–Crippen MR) is 63.3 cm³/mol. The van der Waals surface area contributed by atoms with Crippen molar-refractivity contribution in [2.45, 2.75) is 0 Å². The van der Waals surface area contributed by atoms with Crippen LogP contribution in [0.25, 0.3) is 0 Å². The molecule has 1 N–H and O–H groups in total. The molecule has 2 aromatic rings. The van der Waals surface area contributed by atoms with E-state index in [0.717, 1.165) is 16.4 Å². The first-order chi connectivity index (χ1) is 7.34. The minimum Gasteiger partial charge on any atom is -0.278 e. The SMILES string of the molecule is Clc1ccc(N[N]c2ccccc2)cc1. The highest BCUT2D eigenvalue weighted by molar-refractivity contribution is 6.30. The zero-order valence-corrected chi connectivity index (χ0v) is 8.78. The molecular formula is C12H10ClN2. The van der Waals surface area contributed by atoms with Gasteiger partial charge in [-0.05, 0) is 36.4 Å². The van der Waals surface area contributed by atoms with Crippen LogP contribution in [0.2, 0.25) is 5.02 Å². The molecule has 0 aliphatic rings. The van der Waals surface area contributed by atoms with Gasteiger partial charge in [-0.1, -0.05) is 29.8 Å². The monoisotopic (exact) mass is 217 g/mol. The number of para-hydroxylation sites is 1. The maximum atomic E-state index is 5.77. The molecule has 0 unspecified atom stereocenters. The Labute approximate surface area is 93.9 Å². The third-order valence-corrected chi connectivity index (χ3v) is 2.17. The van der Waals surface area contributed by atoms with Crippen molar-refractivity contribution >= 4 is 23.0 Å². The minimum absolute atomic E-state index is 0.722. The van der Waals surface area contributed by atoms with Crippen molar-refractivity contribution in [3.8, 4) is 0 Å². The summed E-state index contributed by atoms with van der Waals surface area (Å²) in [5.41, 5.74) is 8.98. The minimum atomic E-state index is 0.722. The number of nitrogens with zero attached hydrogens (tertiary/aromatic N) is 1. The van der Waals surface area contributed by atoms with E-state index >= 15 is 0 Å². The molecule has 3 heteroatoms. The van der Waals surface area contributed by atoms with Crippen molar-refractivity contribution in [1.29, 1.82) is 0 Å². The van der Waals surface area contributed by atoms with E-state index in [4.69, 9.17) is 11.6 Å². The van der Waals surface area contributed by atoms with E-state index in [0.29, 0.717) is 0 Å². The predicted octanol–water partition coefficient (Wildman–Crippen LogP) is 3.60. The van der Waals surface area contributed by atoms with Gasteiger partial charge in [0.15, 0.2) is 0 Å². The molecule has 0 aliphatic heterocycles. The zero-order valence-electron chi connectivity index (χ0n) is 8.02. The summed E-state index contributed by atoms with van der Waals surface area (Å²) < 4.78 is 0. The smallest absolute Gasteiger partial charge is 0.0833 e.